The summed E-state index contributed by atoms with van der Waals surface area (Å²) in [5.74, 6) is 1.43. The Morgan fingerprint density at radius 1 is 1.12 bits per heavy atom. The van der Waals surface area contributed by atoms with Gasteiger partial charge in [0.25, 0.3) is 0 Å². The molecule has 0 amide bonds. The van der Waals surface area contributed by atoms with E-state index in [2.05, 4.69) is 58.6 Å². The third kappa shape index (κ3) is 3.03. The molecular weight excluding hydrogens is 210 g/mol. The van der Waals surface area contributed by atoms with Crippen molar-refractivity contribution < 1.29 is 0 Å². The molecule has 3 heteroatoms. The Morgan fingerprint density at radius 3 is 2.12 bits per heavy atom. The molecule has 1 aromatic rings. The molecule has 0 bridgehead atoms. The summed E-state index contributed by atoms with van der Waals surface area (Å²) >= 11 is 0. The maximum atomic E-state index is 4.74. The molecule has 0 unspecified atom stereocenters. The standard InChI is InChI=1S/C14H25N3/c1-8-12-13(9(2)3)10(4)15-14(16-12)11(5)17(6)7/h9,11H,8H2,1-7H3/t11-/m1/s1. The van der Waals surface area contributed by atoms with Gasteiger partial charge in [-0.05, 0) is 45.8 Å². The van der Waals surface area contributed by atoms with Gasteiger partial charge < -0.3 is 0 Å². The van der Waals surface area contributed by atoms with Gasteiger partial charge in [0, 0.05) is 11.4 Å². The molecule has 0 saturated carbocycles. The smallest absolute Gasteiger partial charge is 0.145 e. The van der Waals surface area contributed by atoms with Gasteiger partial charge in [-0.3, -0.25) is 4.90 Å². The van der Waals surface area contributed by atoms with Crippen LogP contribution >= 0.6 is 0 Å². The lowest BCUT2D eigenvalue weighted by Gasteiger charge is -2.21. The third-order valence-corrected chi connectivity index (χ3v) is 3.29. The van der Waals surface area contributed by atoms with Crippen LogP contribution in [0.25, 0.3) is 0 Å². The van der Waals surface area contributed by atoms with Crippen LogP contribution in [0.5, 0.6) is 0 Å². The van der Waals surface area contributed by atoms with Gasteiger partial charge in [-0.15, -0.1) is 0 Å². The lowest BCUT2D eigenvalue weighted by molar-refractivity contribution is 0.307. The number of aromatic nitrogens is 2. The number of hydrogen-bond donors (Lipinski definition) is 0. The van der Waals surface area contributed by atoms with Crippen LogP contribution in [-0.2, 0) is 6.42 Å². The van der Waals surface area contributed by atoms with E-state index in [0.717, 1.165) is 17.9 Å². The van der Waals surface area contributed by atoms with Crippen LogP contribution in [0.1, 0.15) is 62.4 Å². The SMILES string of the molecule is CCc1nc([C@@H](C)N(C)C)nc(C)c1C(C)C. The predicted octanol–water partition coefficient (Wildman–Crippen LogP) is 3.09. The first kappa shape index (κ1) is 14.1. The zero-order valence-corrected chi connectivity index (χ0v) is 12.2. The van der Waals surface area contributed by atoms with Gasteiger partial charge in [0.1, 0.15) is 5.82 Å². The van der Waals surface area contributed by atoms with Crippen molar-refractivity contribution in [3.05, 3.63) is 22.8 Å². The fraction of sp³-hybridized carbons (Fsp3) is 0.714. The van der Waals surface area contributed by atoms with E-state index in [9.17, 15) is 0 Å². The van der Waals surface area contributed by atoms with Crippen molar-refractivity contribution in [2.75, 3.05) is 14.1 Å². The molecule has 3 nitrogen and oxygen atoms in total. The minimum Gasteiger partial charge on any atom is -0.300 e. The molecule has 0 radical (unpaired) electrons. The second kappa shape index (κ2) is 5.58. The summed E-state index contributed by atoms with van der Waals surface area (Å²) in [4.78, 5) is 11.6. The van der Waals surface area contributed by atoms with Crippen molar-refractivity contribution >= 4 is 0 Å². The summed E-state index contributed by atoms with van der Waals surface area (Å²) in [5, 5.41) is 0. The molecule has 96 valence electrons. The van der Waals surface area contributed by atoms with Gasteiger partial charge in [-0.25, -0.2) is 9.97 Å². The van der Waals surface area contributed by atoms with Crippen molar-refractivity contribution in [2.45, 2.75) is 53.0 Å². The van der Waals surface area contributed by atoms with Crippen LogP contribution in [-0.4, -0.2) is 29.0 Å². The first-order valence-electron chi connectivity index (χ1n) is 6.42. The van der Waals surface area contributed by atoms with E-state index in [1.165, 1.54) is 11.3 Å². The molecule has 17 heavy (non-hydrogen) atoms. The Balaban J connectivity index is 3.27. The quantitative estimate of drug-likeness (QED) is 0.803. The molecule has 1 aromatic heterocycles. The Hall–Kier alpha value is -0.960. The van der Waals surface area contributed by atoms with Gasteiger partial charge in [-0.2, -0.15) is 0 Å². The second-order valence-corrected chi connectivity index (χ2v) is 5.18. The molecule has 0 fully saturated rings. The number of aryl methyl sites for hydroxylation is 2. The molecule has 1 heterocycles. The minimum absolute atomic E-state index is 0.264. The highest BCUT2D eigenvalue weighted by molar-refractivity contribution is 5.29. The first-order valence-corrected chi connectivity index (χ1v) is 6.42. The maximum Gasteiger partial charge on any atom is 0.145 e. The normalized spacial score (nSPS) is 13.5. The Morgan fingerprint density at radius 2 is 1.71 bits per heavy atom. The van der Waals surface area contributed by atoms with Gasteiger partial charge in [0.2, 0.25) is 0 Å². The third-order valence-electron chi connectivity index (χ3n) is 3.29. The van der Waals surface area contributed by atoms with Crippen molar-refractivity contribution in [3.63, 3.8) is 0 Å². The van der Waals surface area contributed by atoms with E-state index >= 15 is 0 Å². The summed E-state index contributed by atoms with van der Waals surface area (Å²) in [5.41, 5.74) is 3.66. The van der Waals surface area contributed by atoms with E-state index < -0.39 is 0 Å². The monoisotopic (exact) mass is 235 g/mol. The topological polar surface area (TPSA) is 29.0 Å². The molecule has 0 aliphatic rings. The van der Waals surface area contributed by atoms with Crippen molar-refractivity contribution in [2.24, 2.45) is 0 Å². The van der Waals surface area contributed by atoms with Gasteiger partial charge >= 0.3 is 0 Å². The summed E-state index contributed by atoms with van der Waals surface area (Å²) in [7, 11) is 4.12. The molecule has 1 atom stereocenters. The lowest BCUT2D eigenvalue weighted by atomic mass is 9.98. The van der Waals surface area contributed by atoms with E-state index in [0.29, 0.717) is 5.92 Å². The predicted molar refractivity (Wildman–Crippen MR) is 72.3 cm³/mol. The molecule has 1 rings (SSSR count). The number of nitrogens with zero attached hydrogens (tertiary/aromatic N) is 3. The van der Waals surface area contributed by atoms with Crippen LogP contribution in [0.15, 0.2) is 0 Å². The highest BCUT2D eigenvalue weighted by atomic mass is 15.1. The Kier molecular flexibility index (Phi) is 4.63. The fourth-order valence-corrected chi connectivity index (χ4v) is 2.10. The average Bonchev–Trinajstić information content (AvgIpc) is 2.25. The molecule has 0 saturated heterocycles. The van der Waals surface area contributed by atoms with Crippen LogP contribution in [0.3, 0.4) is 0 Å². The second-order valence-electron chi connectivity index (χ2n) is 5.18. The van der Waals surface area contributed by atoms with Crippen LogP contribution in [0.2, 0.25) is 0 Å². The average molecular weight is 235 g/mol. The van der Waals surface area contributed by atoms with Gasteiger partial charge in [-0.1, -0.05) is 20.8 Å². The maximum absolute atomic E-state index is 4.74. The number of rotatable bonds is 4. The van der Waals surface area contributed by atoms with Crippen LogP contribution in [0.4, 0.5) is 0 Å². The van der Waals surface area contributed by atoms with E-state index in [1.807, 2.05) is 0 Å². The molecular formula is C14H25N3. The highest BCUT2D eigenvalue weighted by Gasteiger charge is 2.17. The zero-order chi connectivity index (χ0) is 13.2. The van der Waals surface area contributed by atoms with Crippen molar-refractivity contribution in [1.82, 2.24) is 14.9 Å². The molecule has 0 aliphatic carbocycles. The Labute approximate surface area is 105 Å². The van der Waals surface area contributed by atoms with Crippen molar-refractivity contribution in [1.29, 1.82) is 0 Å². The summed E-state index contributed by atoms with van der Waals surface area (Å²) in [6, 6.07) is 0.264. The fourth-order valence-electron chi connectivity index (χ4n) is 2.10. The summed E-state index contributed by atoms with van der Waals surface area (Å²) < 4.78 is 0. The highest BCUT2D eigenvalue weighted by Crippen LogP contribution is 2.24. The van der Waals surface area contributed by atoms with Gasteiger partial charge in [0.15, 0.2) is 0 Å². The molecule has 0 aromatic carbocycles. The zero-order valence-electron chi connectivity index (χ0n) is 12.2. The Bertz CT molecular complexity index is 383. The van der Waals surface area contributed by atoms with Crippen LogP contribution in [0, 0.1) is 6.92 Å². The number of hydrogen-bond acceptors (Lipinski definition) is 3. The van der Waals surface area contributed by atoms with E-state index in [4.69, 9.17) is 4.98 Å². The summed E-state index contributed by atoms with van der Waals surface area (Å²) in [6.07, 6.45) is 0.976. The van der Waals surface area contributed by atoms with Gasteiger partial charge in [0.05, 0.1) is 6.04 Å². The minimum atomic E-state index is 0.264. The van der Waals surface area contributed by atoms with E-state index in [1.54, 1.807) is 0 Å². The summed E-state index contributed by atoms with van der Waals surface area (Å²) in [6.45, 7) is 10.8. The molecule has 0 spiro atoms. The molecule has 0 N–H and O–H groups in total. The molecule has 0 aliphatic heterocycles. The lowest BCUT2D eigenvalue weighted by Crippen LogP contribution is -2.21. The van der Waals surface area contributed by atoms with Crippen LogP contribution < -0.4 is 0 Å². The first-order chi connectivity index (χ1) is 7.88. The van der Waals surface area contributed by atoms with E-state index in [-0.39, 0.29) is 6.04 Å². The largest absolute Gasteiger partial charge is 0.300 e. The van der Waals surface area contributed by atoms with Crippen molar-refractivity contribution in [3.8, 4) is 0 Å².